The van der Waals surface area contributed by atoms with Crippen LogP contribution in [0.2, 0.25) is 0 Å². The molecule has 2 aliphatic heterocycles. The Morgan fingerprint density at radius 1 is 1.23 bits per heavy atom. The minimum atomic E-state index is -0.582. The molecule has 7 nitrogen and oxygen atoms in total. The maximum atomic E-state index is 12.8. The Kier molecular flexibility index (Phi) is 6.06. The standard InChI is InChI=1S/C23H29N3O4/c1-29-19-10-8-18(9-11-19)24-22(28)20-15-23(30-25-20)12-5-13-26(16-23)21(27)14-17-6-3-2-4-7-17/h6,8-11H,2-5,7,12-16H2,1H3,(H,24,28). The summed E-state index contributed by atoms with van der Waals surface area (Å²) in [6.45, 7) is 1.23. The van der Waals surface area contributed by atoms with E-state index in [0.717, 1.165) is 38.0 Å². The molecule has 160 valence electrons. The summed E-state index contributed by atoms with van der Waals surface area (Å²) in [5, 5.41) is 6.93. The number of rotatable bonds is 5. The molecule has 0 aromatic heterocycles. The zero-order chi connectivity index (χ0) is 21.0. The number of nitrogens with zero attached hydrogens (tertiary/aromatic N) is 2. The van der Waals surface area contributed by atoms with Crippen molar-refractivity contribution >= 4 is 23.2 Å². The van der Waals surface area contributed by atoms with Gasteiger partial charge in [0, 0.05) is 25.1 Å². The lowest BCUT2D eigenvalue weighted by molar-refractivity contribution is -0.140. The van der Waals surface area contributed by atoms with Crippen molar-refractivity contribution in [1.82, 2.24) is 4.90 Å². The van der Waals surface area contributed by atoms with Gasteiger partial charge in [0.2, 0.25) is 5.91 Å². The fourth-order valence-corrected chi connectivity index (χ4v) is 4.42. The summed E-state index contributed by atoms with van der Waals surface area (Å²) in [5.41, 5.74) is 1.72. The normalized spacial score (nSPS) is 23.4. The van der Waals surface area contributed by atoms with E-state index in [0.29, 0.717) is 30.8 Å². The number of piperidine rings is 1. The van der Waals surface area contributed by atoms with Crippen LogP contribution in [0.4, 0.5) is 5.69 Å². The molecule has 0 saturated carbocycles. The van der Waals surface area contributed by atoms with Crippen molar-refractivity contribution in [1.29, 1.82) is 0 Å². The summed E-state index contributed by atoms with van der Waals surface area (Å²) < 4.78 is 5.13. The molecule has 1 aromatic carbocycles. The molecular formula is C23H29N3O4. The SMILES string of the molecule is COc1ccc(NC(=O)C2=NOC3(CCCN(C(=O)CC4=CCCCC4)C3)C2)cc1. The van der Waals surface area contributed by atoms with Crippen LogP contribution in [0.15, 0.2) is 41.1 Å². The summed E-state index contributed by atoms with van der Waals surface area (Å²) >= 11 is 0. The Bertz CT molecular complexity index is 862. The van der Waals surface area contributed by atoms with E-state index < -0.39 is 5.60 Å². The van der Waals surface area contributed by atoms with Crippen molar-refractivity contribution in [3.63, 3.8) is 0 Å². The summed E-state index contributed by atoms with van der Waals surface area (Å²) in [4.78, 5) is 33.1. The molecule has 1 unspecified atom stereocenters. The van der Waals surface area contributed by atoms with Crippen LogP contribution in [0.3, 0.4) is 0 Å². The van der Waals surface area contributed by atoms with Crippen molar-refractivity contribution in [2.24, 2.45) is 5.16 Å². The first-order chi connectivity index (χ1) is 14.6. The number of hydrogen-bond donors (Lipinski definition) is 1. The lowest BCUT2D eigenvalue weighted by Gasteiger charge is -2.38. The average Bonchev–Trinajstić information content (AvgIpc) is 3.18. The Morgan fingerprint density at radius 2 is 2.07 bits per heavy atom. The molecule has 1 saturated heterocycles. The fourth-order valence-electron chi connectivity index (χ4n) is 4.42. The summed E-state index contributed by atoms with van der Waals surface area (Å²) in [6.07, 6.45) is 9.29. The van der Waals surface area contributed by atoms with Crippen LogP contribution in [0.25, 0.3) is 0 Å². The molecule has 1 fully saturated rings. The van der Waals surface area contributed by atoms with Gasteiger partial charge in [-0.3, -0.25) is 9.59 Å². The molecule has 1 spiro atoms. The predicted molar refractivity (Wildman–Crippen MR) is 114 cm³/mol. The molecule has 3 aliphatic rings. The van der Waals surface area contributed by atoms with Crippen LogP contribution in [0.1, 0.15) is 51.4 Å². The minimum Gasteiger partial charge on any atom is -0.497 e. The number of anilines is 1. The molecule has 1 aliphatic carbocycles. The number of nitrogens with one attached hydrogen (secondary N) is 1. The van der Waals surface area contributed by atoms with E-state index in [1.165, 1.54) is 18.4 Å². The van der Waals surface area contributed by atoms with Crippen LogP contribution in [0, 0.1) is 0 Å². The van der Waals surface area contributed by atoms with Gasteiger partial charge in [-0.1, -0.05) is 16.8 Å². The van der Waals surface area contributed by atoms with Gasteiger partial charge in [0.1, 0.15) is 11.5 Å². The number of carbonyl (C=O) groups excluding carboxylic acids is 2. The molecule has 0 bridgehead atoms. The van der Waals surface area contributed by atoms with E-state index in [-0.39, 0.29) is 11.8 Å². The third-order valence-corrected chi connectivity index (χ3v) is 6.10. The zero-order valence-corrected chi connectivity index (χ0v) is 17.5. The average molecular weight is 412 g/mol. The van der Waals surface area contributed by atoms with Gasteiger partial charge in [-0.05, 0) is 62.8 Å². The molecule has 4 rings (SSSR count). The number of benzene rings is 1. The highest BCUT2D eigenvalue weighted by atomic mass is 16.7. The summed E-state index contributed by atoms with van der Waals surface area (Å²) in [5.74, 6) is 0.610. The van der Waals surface area contributed by atoms with Crippen molar-refractivity contribution in [3.8, 4) is 5.75 Å². The van der Waals surface area contributed by atoms with Gasteiger partial charge in [-0.15, -0.1) is 0 Å². The minimum absolute atomic E-state index is 0.155. The highest BCUT2D eigenvalue weighted by molar-refractivity contribution is 6.43. The molecular weight excluding hydrogens is 382 g/mol. The molecule has 1 aromatic rings. The zero-order valence-electron chi connectivity index (χ0n) is 17.5. The van der Waals surface area contributed by atoms with Crippen LogP contribution in [0.5, 0.6) is 5.75 Å². The van der Waals surface area contributed by atoms with Gasteiger partial charge >= 0.3 is 0 Å². The number of amides is 2. The van der Waals surface area contributed by atoms with Crippen molar-refractivity contribution < 1.29 is 19.2 Å². The smallest absolute Gasteiger partial charge is 0.273 e. The predicted octanol–water partition coefficient (Wildman–Crippen LogP) is 3.66. The second kappa shape index (κ2) is 8.90. The number of ether oxygens (including phenoxy) is 1. The largest absolute Gasteiger partial charge is 0.497 e. The second-order valence-corrected chi connectivity index (χ2v) is 8.38. The number of carbonyl (C=O) groups is 2. The van der Waals surface area contributed by atoms with Gasteiger partial charge in [0.05, 0.1) is 13.7 Å². The highest BCUT2D eigenvalue weighted by Gasteiger charge is 2.45. The molecule has 2 amide bonds. The maximum Gasteiger partial charge on any atom is 0.273 e. The third kappa shape index (κ3) is 4.66. The Morgan fingerprint density at radius 3 is 2.80 bits per heavy atom. The van der Waals surface area contributed by atoms with Crippen LogP contribution in [-0.4, -0.2) is 48.2 Å². The third-order valence-electron chi connectivity index (χ3n) is 6.10. The van der Waals surface area contributed by atoms with E-state index in [1.54, 1.807) is 31.4 Å². The molecule has 0 radical (unpaired) electrons. The fraction of sp³-hybridized carbons (Fsp3) is 0.522. The van der Waals surface area contributed by atoms with E-state index in [1.807, 2.05) is 4.90 Å². The second-order valence-electron chi connectivity index (χ2n) is 8.38. The van der Waals surface area contributed by atoms with Crippen LogP contribution < -0.4 is 10.1 Å². The lowest BCUT2D eigenvalue weighted by atomic mass is 9.87. The molecule has 30 heavy (non-hydrogen) atoms. The van der Waals surface area contributed by atoms with Crippen molar-refractivity contribution in [2.45, 2.75) is 57.0 Å². The number of oxime groups is 1. The van der Waals surface area contributed by atoms with Gasteiger partial charge in [-0.25, -0.2) is 0 Å². The Balaban J connectivity index is 1.33. The molecule has 7 heteroatoms. The van der Waals surface area contributed by atoms with Gasteiger partial charge in [0.25, 0.3) is 5.91 Å². The van der Waals surface area contributed by atoms with Crippen LogP contribution in [-0.2, 0) is 14.4 Å². The van der Waals surface area contributed by atoms with Crippen LogP contribution >= 0.6 is 0 Å². The maximum absolute atomic E-state index is 12.8. The highest BCUT2D eigenvalue weighted by Crippen LogP contribution is 2.34. The molecule has 1 atom stereocenters. The van der Waals surface area contributed by atoms with Crippen molar-refractivity contribution in [2.75, 3.05) is 25.5 Å². The monoisotopic (exact) mass is 411 g/mol. The van der Waals surface area contributed by atoms with Gasteiger partial charge in [0.15, 0.2) is 5.60 Å². The van der Waals surface area contributed by atoms with E-state index in [9.17, 15) is 9.59 Å². The lowest BCUT2D eigenvalue weighted by Crippen LogP contribution is -2.50. The summed E-state index contributed by atoms with van der Waals surface area (Å²) in [6, 6.07) is 7.14. The van der Waals surface area contributed by atoms with E-state index >= 15 is 0 Å². The van der Waals surface area contributed by atoms with Gasteiger partial charge < -0.3 is 19.8 Å². The first-order valence-corrected chi connectivity index (χ1v) is 10.7. The Labute approximate surface area is 177 Å². The summed E-state index contributed by atoms with van der Waals surface area (Å²) in [7, 11) is 1.60. The Hall–Kier alpha value is -2.83. The molecule has 1 N–H and O–H groups in total. The number of hydrogen-bond acceptors (Lipinski definition) is 5. The quantitative estimate of drug-likeness (QED) is 0.750. The van der Waals surface area contributed by atoms with E-state index in [4.69, 9.17) is 9.57 Å². The molecule has 2 heterocycles. The topological polar surface area (TPSA) is 80.2 Å². The number of allylic oxidation sites excluding steroid dienone is 1. The first-order valence-electron chi connectivity index (χ1n) is 10.7. The van der Waals surface area contributed by atoms with E-state index in [2.05, 4.69) is 16.5 Å². The first kappa shape index (κ1) is 20.4. The van der Waals surface area contributed by atoms with Gasteiger partial charge in [-0.2, -0.15) is 0 Å². The number of likely N-dealkylation sites (tertiary alicyclic amines) is 1. The number of methoxy groups -OCH3 is 1. The van der Waals surface area contributed by atoms with Crippen molar-refractivity contribution in [3.05, 3.63) is 35.9 Å².